The van der Waals surface area contributed by atoms with E-state index in [1.54, 1.807) is 34.4 Å². The molecule has 0 fully saturated rings. The van der Waals surface area contributed by atoms with Gasteiger partial charge < -0.3 is 15.5 Å². The molecule has 0 aliphatic rings. The number of benzene rings is 1. The van der Waals surface area contributed by atoms with Crippen molar-refractivity contribution in [3.8, 4) is 0 Å². The van der Waals surface area contributed by atoms with Gasteiger partial charge in [0.1, 0.15) is 0 Å². The van der Waals surface area contributed by atoms with Gasteiger partial charge in [-0.1, -0.05) is 6.07 Å². The van der Waals surface area contributed by atoms with Crippen molar-refractivity contribution in [1.82, 2.24) is 4.90 Å². The Morgan fingerprint density at radius 2 is 1.64 bits per heavy atom. The number of hydrogen-bond acceptors (Lipinski definition) is 4. The Hall–Kier alpha value is -2.67. The lowest BCUT2D eigenvalue weighted by Gasteiger charge is -2.21. The second kappa shape index (κ2) is 8.43. The first-order chi connectivity index (χ1) is 11.9. The lowest BCUT2D eigenvalue weighted by molar-refractivity contribution is -0.115. The maximum absolute atomic E-state index is 12.9. The van der Waals surface area contributed by atoms with Gasteiger partial charge in [0.05, 0.1) is 6.54 Å². The van der Waals surface area contributed by atoms with Crippen molar-refractivity contribution in [3.63, 3.8) is 0 Å². The molecule has 2 rings (SSSR count). The molecule has 0 radical (unpaired) electrons. The Morgan fingerprint density at radius 1 is 1.04 bits per heavy atom. The molecule has 1 aromatic carbocycles. The van der Waals surface area contributed by atoms with Crippen molar-refractivity contribution >= 4 is 40.4 Å². The van der Waals surface area contributed by atoms with Crippen LogP contribution in [0.4, 0.5) is 11.4 Å². The summed E-state index contributed by atoms with van der Waals surface area (Å²) in [5.41, 5.74) is 1.34. The zero-order valence-corrected chi connectivity index (χ0v) is 15.3. The molecule has 0 aliphatic carbocycles. The summed E-state index contributed by atoms with van der Waals surface area (Å²) in [6, 6.07) is 8.79. The van der Waals surface area contributed by atoms with E-state index in [1.807, 2.05) is 24.4 Å². The average molecular weight is 359 g/mol. The first-order valence-corrected chi connectivity index (χ1v) is 8.79. The molecule has 2 aromatic rings. The van der Waals surface area contributed by atoms with E-state index in [9.17, 15) is 14.4 Å². The zero-order valence-electron chi connectivity index (χ0n) is 14.5. The smallest absolute Gasteiger partial charge is 0.254 e. The van der Waals surface area contributed by atoms with Crippen LogP contribution >= 0.6 is 11.3 Å². The highest BCUT2D eigenvalue weighted by atomic mass is 32.1. The van der Waals surface area contributed by atoms with E-state index in [4.69, 9.17) is 0 Å². The summed E-state index contributed by atoms with van der Waals surface area (Å²) in [5.74, 6) is -0.650. The quantitative estimate of drug-likeness (QED) is 0.830. The van der Waals surface area contributed by atoms with Gasteiger partial charge in [-0.05, 0) is 36.6 Å². The summed E-state index contributed by atoms with van der Waals surface area (Å²) in [7, 11) is 0. The highest BCUT2D eigenvalue weighted by Crippen LogP contribution is 2.22. The Bertz CT molecular complexity index is 738. The van der Waals surface area contributed by atoms with Crippen LogP contribution in [0, 0.1) is 0 Å². The molecule has 0 aliphatic heterocycles. The third-order valence-electron chi connectivity index (χ3n) is 3.42. The highest BCUT2D eigenvalue weighted by molar-refractivity contribution is 7.09. The van der Waals surface area contributed by atoms with E-state index in [-0.39, 0.29) is 17.7 Å². The van der Waals surface area contributed by atoms with Crippen LogP contribution in [-0.4, -0.2) is 29.2 Å². The summed E-state index contributed by atoms with van der Waals surface area (Å²) in [5, 5.41) is 7.29. The van der Waals surface area contributed by atoms with Gasteiger partial charge in [0, 0.05) is 42.2 Å². The molecular formula is C18H21N3O3S. The van der Waals surface area contributed by atoms with Crippen molar-refractivity contribution in [2.75, 3.05) is 17.2 Å². The van der Waals surface area contributed by atoms with Crippen LogP contribution in [0.3, 0.4) is 0 Å². The molecule has 3 amide bonds. The second-order valence-electron chi connectivity index (χ2n) is 5.56. The molecule has 7 heteroatoms. The fraction of sp³-hybridized carbons (Fsp3) is 0.278. The first-order valence-electron chi connectivity index (χ1n) is 7.91. The van der Waals surface area contributed by atoms with Crippen molar-refractivity contribution < 1.29 is 14.4 Å². The third-order valence-corrected chi connectivity index (χ3v) is 4.28. The monoisotopic (exact) mass is 359 g/mol. The van der Waals surface area contributed by atoms with Gasteiger partial charge in [0.15, 0.2) is 0 Å². The molecule has 1 aromatic heterocycles. The van der Waals surface area contributed by atoms with Crippen LogP contribution in [0.2, 0.25) is 0 Å². The minimum absolute atomic E-state index is 0.158. The van der Waals surface area contributed by atoms with Crippen molar-refractivity contribution in [3.05, 3.63) is 46.2 Å². The van der Waals surface area contributed by atoms with E-state index in [0.29, 0.717) is 30.0 Å². The van der Waals surface area contributed by atoms with Gasteiger partial charge >= 0.3 is 0 Å². The SMILES string of the molecule is CCN(Cc1cccs1)C(=O)c1cc(NC(C)=O)cc(NC(C)=O)c1. The Morgan fingerprint density at radius 3 is 2.08 bits per heavy atom. The van der Waals surface area contributed by atoms with Crippen LogP contribution < -0.4 is 10.6 Å². The van der Waals surface area contributed by atoms with Crippen molar-refractivity contribution in [2.24, 2.45) is 0 Å². The lowest BCUT2D eigenvalue weighted by Crippen LogP contribution is -2.30. The number of amides is 3. The Kier molecular flexibility index (Phi) is 6.30. The molecule has 6 nitrogen and oxygen atoms in total. The summed E-state index contributed by atoms with van der Waals surface area (Å²) < 4.78 is 0. The van der Waals surface area contributed by atoms with Gasteiger partial charge in [-0.2, -0.15) is 0 Å². The predicted octanol–water partition coefficient (Wildman–Crippen LogP) is 3.33. The summed E-state index contributed by atoms with van der Waals surface area (Å²) >= 11 is 1.59. The zero-order chi connectivity index (χ0) is 18.4. The maximum Gasteiger partial charge on any atom is 0.254 e. The molecule has 132 valence electrons. The number of carbonyl (C=O) groups is 3. The van der Waals surface area contributed by atoms with Gasteiger partial charge in [-0.3, -0.25) is 14.4 Å². The minimum atomic E-state index is -0.246. The van der Waals surface area contributed by atoms with Crippen molar-refractivity contribution in [1.29, 1.82) is 0 Å². The molecular weight excluding hydrogens is 338 g/mol. The van der Waals surface area contributed by atoms with Gasteiger partial charge in [-0.25, -0.2) is 0 Å². The number of anilines is 2. The molecule has 0 spiro atoms. The summed E-state index contributed by atoms with van der Waals surface area (Å²) in [6.07, 6.45) is 0. The van der Waals surface area contributed by atoms with Crippen LogP contribution in [0.1, 0.15) is 36.0 Å². The number of carbonyl (C=O) groups excluding carboxylic acids is 3. The standard InChI is InChI=1S/C18H21N3O3S/c1-4-21(11-17-6-5-7-25-17)18(24)14-8-15(19-12(2)22)10-16(9-14)20-13(3)23/h5-10H,4,11H2,1-3H3,(H,19,22)(H,20,23). The highest BCUT2D eigenvalue weighted by Gasteiger charge is 2.17. The average Bonchev–Trinajstić information content (AvgIpc) is 3.03. The van der Waals surface area contributed by atoms with E-state index < -0.39 is 0 Å². The fourth-order valence-corrected chi connectivity index (χ4v) is 3.12. The van der Waals surface area contributed by atoms with E-state index in [0.717, 1.165) is 4.88 Å². The Balaban J connectivity index is 2.31. The number of thiophene rings is 1. The second-order valence-corrected chi connectivity index (χ2v) is 6.59. The third kappa shape index (κ3) is 5.42. The van der Waals surface area contributed by atoms with Crippen LogP contribution in [0.5, 0.6) is 0 Å². The van der Waals surface area contributed by atoms with Gasteiger partial charge in [0.2, 0.25) is 11.8 Å². The molecule has 25 heavy (non-hydrogen) atoms. The first kappa shape index (κ1) is 18.7. The molecule has 0 saturated carbocycles. The Labute approximate surface area is 150 Å². The minimum Gasteiger partial charge on any atom is -0.334 e. The van der Waals surface area contributed by atoms with Crippen LogP contribution in [-0.2, 0) is 16.1 Å². The number of nitrogens with one attached hydrogen (secondary N) is 2. The lowest BCUT2D eigenvalue weighted by atomic mass is 10.1. The largest absolute Gasteiger partial charge is 0.334 e. The predicted molar refractivity (Wildman–Crippen MR) is 99.8 cm³/mol. The molecule has 0 atom stereocenters. The number of hydrogen-bond donors (Lipinski definition) is 2. The van der Waals surface area contributed by atoms with Crippen LogP contribution in [0.15, 0.2) is 35.7 Å². The van der Waals surface area contributed by atoms with E-state index in [1.165, 1.54) is 13.8 Å². The van der Waals surface area contributed by atoms with E-state index in [2.05, 4.69) is 10.6 Å². The molecule has 0 unspecified atom stereocenters. The molecule has 0 bridgehead atoms. The number of nitrogens with zero attached hydrogens (tertiary/aromatic N) is 1. The summed E-state index contributed by atoms with van der Waals surface area (Å²) in [4.78, 5) is 38.4. The molecule has 1 heterocycles. The van der Waals surface area contributed by atoms with Crippen LogP contribution in [0.25, 0.3) is 0 Å². The fourth-order valence-electron chi connectivity index (χ4n) is 2.40. The normalized spacial score (nSPS) is 10.2. The van der Waals surface area contributed by atoms with Crippen molar-refractivity contribution in [2.45, 2.75) is 27.3 Å². The summed E-state index contributed by atoms with van der Waals surface area (Å²) in [6.45, 7) is 5.77. The maximum atomic E-state index is 12.9. The van der Waals surface area contributed by atoms with E-state index >= 15 is 0 Å². The molecule has 0 saturated heterocycles. The van der Waals surface area contributed by atoms with Gasteiger partial charge in [0.25, 0.3) is 5.91 Å². The number of rotatable bonds is 6. The van der Waals surface area contributed by atoms with Gasteiger partial charge in [-0.15, -0.1) is 11.3 Å². The topological polar surface area (TPSA) is 78.5 Å². The molecule has 2 N–H and O–H groups in total.